The highest BCUT2D eigenvalue weighted by molar-refractivity contribution is 8.00. The van der Waals surface area contributed by atoms with Crippen LogP contribution in [-0.4, -0.2) is 9.82 Å². The number of thioether (sulfide) groups is 1. The zero-order chi connectivity index (χ0) is 31.7. The number of hydrogen-bond acceptors (Lipinski definition) is 1. The fourth-order valence-electron chi connectivity index (χ4n) is 10.2. The van der Waals surface area contributed by atoms with E-state index >= 15 is 0 Å². The molecule has 4 aromatic carbocycles. The Morgan fingerprint density at radius 1 is 0.812 bits per heavy atom. The standard InChI is InChI=1S/C46H37NS/c1-46(2)39-16-7-5-13-33(39)36-21-22-37-34-14-6-8-17-40(34)47(45(37)44(36)46)30-19-23-41-38(26-30)35-20-18-28(25-42(35)48-41)32-15-9-11-29-24-27-10-3-4-12-31(27)43(29)32/h3-7,9-16,18-23,26,29,42-43H,8,17,24-25H2,1-2H3. The molecule has 5 aromatic rings. The van der Waals surface area contributed by atoms with Crippen molar-refractivity contribution >= 4 is 34.3 Å². The summed E-state index contributed by atoms with van der Waals surface area (Å²) in [6.07, 6.45) is 21.3. The van der Waals surface area contributed by atoms with Crippen molar-refractivity contribution in [2.45, 2.75) is 61.0 Å². The minimum Gasteiger partial charge on any atom is -0.313 e. The van der Waals surface area contributed by atoms with Gasteiger partial charge in [0.1, 0.15) is 0 Å². The summed E-state index contributed by atoms with van der Waals surface area (Å²) in [6.45, 7) is 4.85. The molecule has 0 bridgehead atoms. The molecule has 0 N–H and O–H groups in total. The lowest BCUT2D eigenvalue weighted by Gasteiger charge is -2.29. The van der Waals surface area contributed by atoms with Crippen LogP contribution in [0, 0.1) is 5.92 Å². The summed E-state index contributed by atoms with van der Waals surface area (Å²) in [5, 5.41) is 1.85. The van der Waals surface area contributed by atoms with Gasteiger partial charge in [-0.15, -0.1) is 11.8 Å². The van der Waals surface area contributed by atoms with Crippen LogP contribution in [0.2, 0.25) is 0 Å². The van der Waals surface area contributed by atoms with Gasteiger partial charge in [0.15, 0.2) is 0 Å². The fourth-order valence-corrected chi connectivity index (χ4v) is 11.5. The second-order valence-electron chi connectivity index (χ2n) is 15.0. The molecule has 0 saturated heterocycles. The third-order valence-corrected chi connectivity index (χ3v) is 13.6. The highest BCUT2D eigenvalue weighted by Crippen LogP contribution is 2.56. The number of rotatable bonds is 2. The maximum Gasteiger partial charge on any atom is 0.0584 e. The molecule has 48 heavy (non-hydrogen) atoms. The molecule has 0 fully saturated rings. The predicted octanol–water partition coefficient (Wildman–Crippen LogP) is 11.5. The second-order valence-corrected chi connectivity index (χ2v) is 16.3. The smallest absolute Gasteiger partial charge is 0.0584 e. The summed E-state index contributed by atoms with van der Waals surface area (Å²) in [6, 6.07) is 30.3. The average molecular weight is 636 g/mol. The van der Waals surface area contributed by atoms with Crippen LogP contribution >= 0.6 is 11.8 Å². The van der Waals surface area contributed by atoms with Gasteiger partial charge in [-0.25, -0.2) is 0 Å². The number of nitrogens with zero attached hydrogens (tertiary/aromatic N) is 1. The molecule has 2 heteroatoms. The third kappa shape index (κ3) is 3.59. The quantitative estimate of drug-likeness (QED) is 0.187. The molecule has 232 valence electrons. The minimum atomic E-state index is -0.0690. The molecule has 2 heterocycles. The van der Waals surface area contributed by atoms with Crippen molar-refractivity contribution < 1.29 is 0 Å². The zero-order valence-electron chi connectivity index (χ0n) is 27.5. The average Bonchev–Trinajstić information content (AvgIpc) is 3.84. The number of aromatic nitrogens is 1. The van der Waals surface area contributed by atoms with Crippen LogP contribution in [-0.2, 0) is 18.3 Å². The summed E-state index contributed by atoms with van der Waals surface area (Å²) in [7, 11) is 0. The first kappa shape index (κ1) is 27.4. The normalized spacial score (nSPS) is 23.4. The van der Waals surface area contributed by atoms with Gasteiger partial charge in [-0.3, -0.25) is 0 Å². The van der Waals surface area contributed by atoms with Gasteiger partial charge >= 0.3 is 0 Å². The van der Waals surface area contributed by atoms with Gasteiger partial charge in [0.25, 0.3) is 0 Å². The highest BCUT2D eigenvalue weighted by Gasteiger charge is 2.40. The molecule has 3 unspecified atom stereocenters. The Bertz CT molecular complexity index is 2420. The lowest BCUT2D eigenvalue weighted by atomic mass is 9.76. The zero-order valence-corrected chi connectivity index (χ0v) is 28.3. The maximum absolute atomic E-state index is 2.65. The van der Waals surface area contributed by atoms with Crippen LogP contribution < -0.4 is 0 Å². The van der Waals surface area contributed by atoms with E-state index < -0.39 is 0 Å². The van der Waals surface area contributed by atoms with Crippen LogP contribution in [0.4, 0.5) is 0 Å². The molecular formula is C46H37NS. The van der Waals surface area contributed by atoms with E-state index in [0.29, 0.717) is 17.1 Å². The van der Waals surface area contributed by atoms with Crippen LogP contribution in [0.1, 0.15) is 71.7 Å². The number of benzene rings is 4. The summed E-state index contributed by atoms with van der Waals surface area (Å²) in [5.41, 5.74) is 20.2. The summed E-state index contributed by atoms with van der Waals surface area (Å²) < 4.78 is 2.65. The van der Waals surface area contributed by atoms with Crippen molar-refractivity contribution in [2.75, 3.05) is 0 Å². The summed E-state index contributed by atoms with van der Waals surface area (Å²) in [5.74, 6) is 1.08. The topological polar surface area (TPSA) is 4.93 Å². The Labute approximate surface area is 287 Å². The van der Waals surface area contributed by atoms with Crippen molar-refractivity contribution in [1.29, 1.82) is 0 Å². The van der Waals surface area contributed by atoms with Crippen molar-refractivity contribution in [3.8, 4) is 16.8 Å². The molecule has 1 nitrogen and oxygen atoms in total. The highest BCUT2D eigenvalue weighted by atomic mass is 32.2. The Balaban J connectivity index is 1.05. The first-order valence-electron chi connectivity index (χ1n) is 17.7. The second kappa shape index (κ2) is 9.77. The van der Waals surface area contributed by atoms with E-state index in [4.69, 9.17) is 0 Å². The lowest BCUT2D eigenvalue weighted by molar-refractivity contribution is 0.604. The Morgan fingerprint density at radius 2 is 1.71 bits per heavy atom. The van der Waals surface area contributed by atoms with E-state index in [0.717, 1.165) is 25.7 Å². The molecule has 11 rings (SSSR count). The molecule has 5 aliphatic carbocycles. The van der Waals surface area contributed by atoms with Crippen LogP contribution in [0.15, 0.2) is 131 Å². The van der Waals surface area contributed by atoms with Crippen molar-refractivity contribution in [3.05, 3.63) is 166 Å². The van der Waals surface area contributed by atoms with E-state index in [1.807, 2.05) is 0 Å². The number of hydrogen-bond donors (Lipinski definition) is 0. The van der Waals surface area contributed by atoms with Gasteiger partial charge in [0.2, 0.25) is 0 Å². The Morgan fingerprint density at radius 3 is 2.67 bits per heavy atom. The van der Waals surface area contributed by atoms with E-state index in [-0.39, 0.29) is 5.41 Å². The lowest BCUT2D eigenvalue weighted by Crippen LogP contribution is -2.17. The van der Waals surface area contributed by atoms with Crippen molar-refractivity contribution in [1.82, 2.24) is 4.57 Å². The van der Waals surface area contributed by atoms with Crippen molar-refractivity contribution in [3.63, 3.8) is 0 Å². The summed E-state index contributed by atoms with van der Waals surface area (Å²) >= 11 is 2.07. The maximum atomic E-state index is 2.65. The number of allylic oxidation sites excluding steroid dienone is 8. The van der Waals surface area contributed by atoms with Gasteiger partial charge in [0.05, 0.1) is 5.52 Å². The van der Waals surface area contributed by atoms with Gasteiger partial charge in [-0.2, -0.15) is 0 Å². The van der Waals surface area contributed by atoms with Gasteiger partial charge in [0, 0.05) is 43.8 Å². The molecule has 1 aliphatic heterocycles. The molecule has 0 amide bonds. The fraction of sp³-hybridized carbons (Fsp3) is 0.217. The van der Waals surface area contributed by atoms with Crippen molar-refractivity contribution in [2.24, 2.45) is 5.92 Å². The monoisotopic (exact) mass is 635 g/mol. The molecule has 0 saturated carbocycles. The van der Waals surface area contributed by atoms with E-state index in [1.165, 1.54) is 88.4 Å². The third-order valence-electron chi connectivity index (χ3n) is 12.3. The van der Waals surface area contributed by atoms with E-state index in [9.17, 15) is 0 Å². The molecular weight excluding hydrogens is 599 g/mol. The van der Waals surface area contributed by atoms with Crippen LogP contribution in [0.5, 0.6) is 0 Å². The predicted molar refractivity (Wildman–Crippen MR) is 202 cm³/mol. The first-order valence-corrected chi connectivity index (χ1v) is 18.6. The Kier molecular flexibility index (Phi) is 5.58. The number of fused-ring (bicyclic) bond motifs is 13. The molecule has 6 aliphatic rings. The molecule has 0 spiro atoms. The van der Waals surface area contributed by atoms with E-state index in [2.05, 4.69) is 152 Å². The SMILES string of the molecule is CC1(C)c2ccccc2-c2ccc3c4c(n(-c5ccc6c(c5)C5=CC=C(C7=CC=CC8Cc9ccccc9C78)CC5S6)c3c21)CCC=C4. The molecule has 3 atom stereocenters. The van der Waals surface area contributed by atoms with Gasteiger partial charge in [-0.05, 0) is 105 Å². The van der Waals surface area contributed by atoms with E-state index in [1.54, 1.807) is 0 Å². The van der Waals surface area contributed by atoms with Gasteiger partial charge in [-0.1, -0.05) is 117 Å². The molecule has 0 radical (unpaired) electrons. The van der Waals surface area contributed by atoms with Gasteiger partial charge < -0.3 is 4.57 Å². The Hall–Kier alpha value is -4.53. The first-order chi connectivity index (χ1) is 23.6. The van der Waals surface area contributed by atoms with Crippen LogP contribution in [0.3, 0.4) is 0 Å². The largest absolute Gasteiger partial charge is 0.313 e. The minimum absolute atomic E-state index is 0.0690. The summed E-state index contributed by atoms with van der Waals surface area (Å²) in [4.78, 5) is 1.43. The molecule has 1 aromatic heterocycles. The van der Waals surface area contributed by atoms with Crippen LogP contribution in [0.25, 0.3) is 39.4 Å².